The topological polar surface area (TPSA) is 70.4 Å². The molecule has 0 aromatic carbocycles. The van der Waals surface area contributed by atoms with E-state index >= 15 is 0 Å². The van der Waals surface area contributed by atoms with Crippen LogP contribution in [0.3, 0.4) is 0 Å². The van der Waals surface area contributed by atoms with Crippen LogP contribution in [-0.2, 0) is 13.6 Å². The van der Waals surface area contributed by atoms with E-state index in [1.807, 2.05) is 36.0 Å². The number of halogens is 1. The summed E-state index contributed by atoms with van der Waals surface area (Å²) in [6, 6.07) is 4.74. The first-order valence-corrected chi connectivity index (χ1v) is 11.2. The van der Waals surface area contributed by atoms with Crippen molar-refractivity contribution in [2.24, 2.45) is 18.0 Å². The summed E-state index contributed by atoms with van der Waals surface area (Å²) in [5.41, 5.74) is 0. The fourth-order valence-electron chi connectivity index (χ4n) is 3.51. The number of guanidine groups is 1. The van der Waals surface area contributed by atoms with Gasteiger partial charge in [0.15, 0.2) is 11.8 Å². The highest BCUT2D eigenvalue weighted by molar-refractivity contribution is 14.0. The fourth-order valence-corrected chi connectivity index (χ4v) is 4.37. The van der Waals surface area contributed by atoms with E-state index < -0.39 is 0 Å². The number of thiophene rings is 1. The van der Waals surface area contributed by atoms with E-state index in [-0.39, 0.29) is 24.0 Å². The van der Waals surface area contributed by atoms with Gasteiger partial charge in [0.1, 0.15) is 12.4 Å². The minimum Gasteiger partial charge on any atom is -0.354 e. The summed E-state index contributed by atoms with van der Waals surface area (Å²) in [5, 5.41) is 17.4. The molecule has 1 unspecified atom stereocenters. The molecule has 2 N–H and O–H groups in total. The monoisotopic (exact) mass is 543 g/mol. The highest BCUT2D eigenvalue weighted by Crippen LogP contribution is 2.29. The van der Waals surface area contributed by atoms with Crippen molar-refractivity contribution in [2.45, 2.75) is 39.3 Å². The first-order chi connectivity index (χ1) is 14.1. The first-order valence-electron chi connectivity index (χ1n) is 10.3. The largest absolute Gasteiger partial charge is 0.354 e. The Morgan fingerprint density at radius 1 is 1.37 bits per heavy atom. The van der Waals surface area contributed by atoms with Gasteiger partial charge in [-0.05, 0) is 50.2 Å². The Balaban J connectivity index is 0.00000320. The Bertz CT molecular complexity index is 794. The smallest absolute Gasteiger partial charge is 0.192 e. The summed E-state index contributed by atoms with van der Waals surface area (Å²) < 4.78 is 1.97. The van der Waals surface area contributed by atoms with Crippen LogP contribution >= 0.6 is 35.3 Å². The van der Waals surface area contributed by atoms with Crippen LogP contribution in [0.25, 0.3) is 0 Å². The maximum Gasteiger partial charge on any atom is 0.192 e. The highest BCUT2D eigenvalue weighted by atomic mass is 127. The fraction of sp³-hybridized carbons (Fsp3) is 0.571. The average Bonchev–Trinajstić information content (AvgIpc) is 3.36. The molecule has 30 heavy (non-hydrogen) atoms. The Labute approximate surface area is 201 Å². The molecule has 1 aliphatic heterocycles. The van der Waals surface area contributed by atoms with Gasteiger partial charge in [-0.1, -0.05) is 19.1 Å². The lowest BCUT2D eigenvalue weighted by Crippen LogP contribution is -2.45. The molecule has 1 atom stereocenters. The van der Waals surface area contributed by atoms with Crippen molar-refractivity contribution in [1.82, 2.24) is 30.3 Å². The van der Waals surface area contributed by atoms with Crippen LogP contribution in [0.2, 0.25) is 0 Å². The summed E-state index contributed by atoms with van der Waals surface area (Å²) in [7, 11) is 1.97. The third kappa shape index (κ3) is 6.78. The van der Waals surface area contributed by atoms with Crippen LogP contribution in [0.4, 0.5) is 0 Å². The molecule has 1 saturated heterocycles. The van der Waals surface area contributed by atoms with Gasteiger partial charge in [-0.15, -0.1) is 52.1 Å². The molecule has 3 heterocycles. The van der Waals surface area contributed by atoms with E-state index in [1.54, 1.807) is 0 Å². The van der Waals surface area contributed by atoms with Crippen LogP contribution in [0, 0.1) is 12.8 Å². The zero-order valence-corrected chi connectivity index (χ0v) is 21.3. The number of aliphatic imine (C=N–C) groups is 1. The molecule has 2 aromatic heterocycles. The third-order valence-electron chi connectivity index (χ3n) is 5.57. The van der Waals surface area contributed by atoms with Crippen LogP contribution < -0.4 is 10.6 Å². The molecule has 0 aliphatic carbocycles. The standard InChI is InChI=1S/C21H33N7S.HI/c1-5-10-22-21(24-15-20-26-25-17(3)27(20)4)23-14-18(19-7-6-13-29-19)28-11-8-16(2)9-12-28;/h5-7,13,16,18H,1,8-12,14-15H2,2-4H3,(H2,22,23,24);1H. The number of likely N-dealkylation sites (tertiary alicyclic amines) is 1. The minimum absolute atomic E-state index is 0. The second-order valence-electron chi connectivity index (χ2n) is 7.69. The lowest BCUT2D eigenvalue weighted by Gasteiger charge is -2.36. The zero-order valence-electron chi connectivity index (χ0n) is 18.2. The molecule has 0 amide bonds. The molecule has 1 aliphatic rings. The van der Waals surface area contributed by atoms with Gasteiger partial charge in [0, 0.05) is 25.0 Å². The van der Waals surface area contributed by atoms with Gasteiger partial charge in [-0.25, -0.2) is 4.99 Å². The summed E-state index contributed by atoms with van der Waals surface area (Å²) >= 11 is 1.83. The Kier molecular flexibility index (Phi) is 10.3. The molecule has 9 heteroatoms. The molecular weight excluding hydrogens is 509 g/mol. The summed E-state index contributed by atoms with van der Waals surface area (Å²) in [4.78, 5) is 8.73. The van der Waals surface area contributed by atoms with E-state index in [9.17, 15) is 0 Å². The average molecular weight is 544 g/mol. The van der Waals surface area contributed by atoms with Gasteiger partial charge in [0.25, 0.3) is 0 Å². The quantitative estimate of drug-likeness (QED) is 0.231. The van der Waals surface area contributed by atoms with E-state index in [0.29, 0.717) is 19.1 Å². The van der Waals surface area contributed by atoms with Crippen molar-refractivity contribution < 1.29 is 0 Å². The van der Waals surface area contributed by atoms with Crippen molar-refractivity contribution >= 4 is 41.3 Å². The molecule has 3 rings (SSSR count). The Hall–Kier alpha value is -1.46. The second-order valence-corrected chi connectivity index (χ2v) is 8.67. The third-order valence-corrected chi connectivity index (χ3v) is 6.54. The summed E-state index contributed by atoms with van der Waals surface area (Å²) in [5.74, 6) is 3.34. The summed E-state index contributed by atoms with van der Waals surface area (Å²) in [6.07, 6.45) is 4.37. The highest BCUT2D eigenvalue weighted by Gasteiger charge is 2.25. The van der Waals surface area contributed by atoms with Crippen LogP contribution in [-0.4, -0.2) is 51.8 Å². The van der Waals surface area contributed by atoms with E-state index in [4.69, 9.17) is 4.99 Å². The maximum atomic E-state index is 4.72. The Morgan fingerprint density at radius 2 is 2.13 bits per heavy atom. The van der Waals surface area contributed by atoms with Crippen molar-refractivity contribution in [3.05, 3.63) is 46.7 Å². The van der Waals surface area contributed by atoms with Gasteiger partial charge in [-0.2, -0.15) is 0 Å². The molecule has 2 aromatic rings. The van der Waals surface area contributed by atoms with Gasteiger partial charge >= 0.3 is 0 Å². The lowest BCUT2D eigenvalue weighted by molar-refractivity contribution is 0.140. The molecule has 0 bridgehead atoms. The molecule has 0 spiro atoms. The lowest BCUT2D eigenvalue weighted by atomic mass is 9.97. The molecular formula is C21H34IN7S. The van der Waals surface area contributed by atoms with Crippen molar-refractivity contribution in [3.63, 3.8) is 0 Å². The number of aryl methyl sites for hydroxylation is 1. The van der Waals surface area contributed by atoms with E-state index in [0.717, 1.165) is 43.2 Å². The number of hydrogen-bond donors (Lipinski definition) is 2. The molecule has 7 nitrogen and oxygen atoms in total. The van der Waals surface area contributed by atoms with Gasteiger partial charge in [0.2, 0.25) is 0 Å². The van der Waals surface area contributed by atoms with Crippen molar-refractivity contribution in [2.75, 3.05) is 26.2 Å². The molecule has 1 fully saturated rings. The van der Waals surface area contributed by atoms with Gasteiger partial charge in [0.05, 0.1) is 6.04 Å². The first kappa shape index (κ1) is 24.8. The van der Waals surface area contributed by atoms with Crippen molar-refractivity contribution in [3.8, 4) is 0 Å². The predicted octanol–water partition coefficient (Wildman–Crippen LogP) is 3.50. The Morgan fingerprint density at radius 3 is 2.73 bits per heavy atom. The number of hydrogen-bond acceptors (Lipinski definition) is 5. The van der Waals surface area contributed by atoms with Crippen LogP contribution in [0.5, 0.6) is 0 Å². The number of aromatic nitrogens is 3. The zero-order chi connectivity index (χ0) is 20.6. The number of rotatable bonds is 8. The number of piperidine rings is 1. The predicted molar refractivity (Wildman–Crippen MR) is 136 cm³/mol. The van der Waals surface area contributed by atoms with Crippen LogP contribution in [0.1, 0.15) is 42.3 Å². The van der Waals surface area contributed by atoms with Crippen LogP contribution in [0.15, 0.2) is 35.2 Å². The van der Waals surface area contributed by atoms with Gasteiger partial charge < -0.3 is 15.2 Å². The molecule has 0 saturated carbocycles. The van der Waals surface area contributed by atoms with E-state index in [2.05, 4.69) is 56.7 Å². The summed E-state index contributed by atoms with van der Waals surface area (Å²) in [6.45, 7) is 12.4. The number of nitrogens with zero attached hydrogens (tertiary/aromatic N) is 5. The SMILES string of the molecule is C=CCNC(=NCc1nnc(C)n1C)NCC(c1cccs1)N1CCC(C)CC1.I. The van der Waals surface area contributed by atoms with Gasteiger partial charge in [-0.3, -0.25) is 4.90 Å². The molecule has 0 radical (unpaired) electrons. The number of nitrogens with one attached hydrogen (secondary N) is 2. The van der Waals surface area contributed by atoms with E-state index in [1.165, 1.54) is 17.7 Å². The van der Waals surface area contributed by atoms with Crippen molar-refractivity contribution in [1.29, 1.82) is 0 Å². The maximum absolute atomic E-state index is 4.72. The molecule has 166 valence electrons. The minimum atomic E-state index is 0. The second kappa shape index (κ2) is 12.4. The normalized spacial score (nSPS) is 16.7.